The third-order valence-corrected chi connectivity index (χ3v) is 5.36. The van der Waals surface area contributed by atoms with E-state index in [-0.39, 0.29) is 24.0 Å². The van der Waals surface area contributed by atoms with Gasteiger partial charge in [-0.2, -0.15) is 13.2 Å². The Morgan fingerprint density at radius 3 is 2.58 bits per heavy atom. The van der Waals surface area contributed by atoms with Gasteiger partial charge in [0.05, 0.1) is 23.5 Å². The maximum Gasteiger partial charge on any atom is 0.416 e. The van der Waals surface area contributed by atoms with Crippen molar-refractivity contribution in [2.24, 2.45) is 11.7 Å². The number of rotatable bonds is 3. The van der Waals surface area contributed by atoms with Crippen molar-refractivity contribution in [3.05, 3.63) is 53.2 Å². The lowest BCUT2D eigenvalue weighted by atomic mass is 9.89. The molecule has 1 aliphatic heterocycles. The lowest BCUT2D eigenvalue weighted by molar-refractivity contribution is -0.146. The smallest absolute Gasteiger partial charge is 0.391 e. The third-order valence-electron chi connectivity index (χ3n) is 5.36. The molecule has 1 fully saturated rings. The number of pyridine rings is 1. The highest BCUT2D eigenvalue weighted by Gasteiger charge is 2.36. The van der Waals surface area contributed by atoms with Gasteiger partial charge in [0.1, 0.15) is 0 Å². The fourth-order valence-electron chi connectivity index (χ4n) is 3.79. The monoisotopic (exact) mass is 464 g/mol. The first-order valence-corrected chi connectivity index (χ1v) is 10.2. The Bertz CT molecular complexity index is 1070. The number of aryl methyl sites for hydroxylation is 1. The number of carbonyl (C=O) groups excluding carboxylic acids is 3. The molecule has 11 heteroatoms. The van der Waals surface area contributed by atoms with E-state index in [0.717, 1.165) is 12.1 Å². The number of aromatic nitrogens is 1. The number of primary amides is 1. The molecule has 0 bridgehead atoms. The Hall–Kier alpha value is -3.63. The Balaban J connectivity index is 1.80. The van der Waals surface area contributed by atoms with Crippen molar-refractivity contribution in [1.29, 1.82) is 0 Å². The molecule has 2 heterocycles. The van der Waals surface area contributed by atoms with Gasteiger partial charge in [0, 0.05) is 12.1 Å². The highest BCUT2D eigenvalue weighted by molar-refractivity contribution is 6.39. The van der Waals surface area contributed by atoms with E-state index in [9.17, 15) is 27.6 Å². The standard InChI is InChI=1S/C22H23F3N4O4/c1-12-6-7-17(14-4-3-5-15(9-14)22(23,24)25)29(11-12)20(31)18(30)28-16-8-13(2)19(27-10-16)33-21(26)32/h3-5,8-10,12,17H,6-7,11H2,1-2H3,(H2,26,32)(H,28,30). The molecule has 3 amide bonds. The van der Waals surface area contributed by atoms with Crippen LogP contribution in [0.5, 0.6) is 5.88 Å². The lowest BCUT2D eigenvalue weighted by Crippen LogP contribution is -2.46. The van der Waals surface area contributed by atoms with Crippen LogP contribution in [0.2, 0.25) is 0 Å². The molecule has 0 spiro atoms. The third kappa shape index (κ3) is 5.79. The minimum absolute atomic E-state index is 0.0405. The van der Waals surface area contributed by atoms with Crippen LogP contribution in [0, 0.1) is 12.8 Å². The zero-order chi connectivity index (χ0) is 24.3. The average molecular weight is 464 g/mol. The second kappa shape index (κ2) is 9.47. The summed E-state index contributed by atoms with van der Waals surface area (Å²) < 4.78 is 44.2. The molecule has 1 saturated heterocycles. The molecule has 8 nitrogen and oxygen atoms in total. The first-order chi connectivity index (χ1) is 15.5. The first kappa shape index (κ1) is 24.0. The number of carbonyl (C=O) groups is 3. The van der Waals surface area contributed by atoms with E-state index in [1.54, 1.807) is 6.92 Å². The Morgan fingerprint density at radius 2 is 1.94 bits per heavy atom. The van der Waals surface area contributed by atoms with Gasteiger partial charge in [0.2, 0.25) is 5.88 Å². The molecule has 33 heavy (non-hydrogen) atoms. The van der Waals surface area contributed by atoms with Gasteiger partial charge < -0.3 is 20.7 Å². The quantitative estimate of drug-likeness (QED) is 0.671. The summed E-state index contributed by atoms with van der Waals surface area (Å²) in [7, 11) is 0. The number of piperidine rings is 1. The fourth-order valence-corrected chi connectivity index (χ4v) is 3.79. The maximum atomic E-state index is 13.2. The van der Waals surface area contributed by atoms with E-state index in [1.165, 1.54) is 29.3 Å². The van der Waals surface area contributed by atoms with Gasteiger partial charge in [0.15, 0.2) is 0 Å². The molecule has 2 aromatic rings. The van der Waals surface area contributed by atoms with Crippen LogP contribution in [0.4, 0.5) is 23.7 Å². The predicted molar refractivity (Wildman–Crippen MR) is 112 cm³/mol. The van der Waals surface area contributed by atoms with E-state index in [4.69, 9.17) is 10.5 Å². The van der Waals surface area contributed by atoms with Gasteiger partial charge in [-0.25, -0.2) is 9.78 Å². The molecule has 0 saturated carbocycles. The zero-order valence-corrected chi connectivity index (χ0v) is 18.0. The highest BCUT2D eigenvalue weighted by atomic mass is 19.4. The second-order valence-electron chi connectivity index (χ2n) is 8.00. The Labute approximate surface area is 187 Å². The summed E-state index contributed by atoms with van der Waals surface area (Å²) in [4.78, 5) is 41.7. The summed E-state index contributed by atoms with van der Waals surface area (Å²) in [5, 5.41) is 2.44. The number of alkyl halides is 3. The number of likely N-dealkylation sites (tertiary alicyclic amines) is 1. The topological polar surface area (TPSA) is 115 Å². The number of halogens is 3. The summed E-state index contributed by atoms with van der Waals surface area (Å²) >= 11 is 0. The zero-order valence-electron chi connectivity index (χ0n) is 18.0. The number of hydrogen-bond donors (Lipinski definition) is 2. The van der Waals surface area contributed by atoms with Crippen LogP contribution in [0.15, 0.2) is 36.5 Å². The minimum atomic E-state index is -4.51. The van der Waals surface area contributed by atoms with Crippen molar-refractivity contribution < 1.29 is 32.3 Å². The molecule has 176 valence electrons. The average Bonchev–Trinajstić information content (AvgIpc) is 2.74. The van der Waals surface area contributed by atoms with Crippen molar-refractivity contribution in [2.45, 2.75) is 38.9 Å². The SMILES string of the molecule is Cc1cc(NC(=O)C(=O)N2CC(C)CCC2c2cccc(C(F)(F)F)c2)cnc1OC(N)=O. The summed E-state index contributed by atoms with van der Waals surface area (Å²) in [6.07, 6.45) is -3.23. The van der Waals surface area contributed by atoms with Crippen molar-refractivity contribution in [2.75, 3.05) is 11.9 Å². The number of nitrogens with one attached hydrogen (secondary N) is 1. The van der Waals surface area contributed by atoms with Crippen molar-refractivity contribution in [1.82, 2.24) is 9.88 Å². The maximum absolute atomic E-state index is 13.2. The number of hydrogen-bond acceptors (Lipinski definition) is 5. The van der Waals surface area contributed by atoms with Gasteiger partial charge in [-0.3, -0.25) is 9.59 Å². The normalized spacial score (nSPS) is 18.5. The summed E-state index contributed by atoms with van der Waals surface area (Å²) in [6.45, 7) is 3.71. The van der Waals surface area contributed by atoms with Crippen LogP contribution in [-0.4, -0.2) is 34.3 Å². The molecular weight excluding hydrogens is 441 g/mol. The lowest BCUT2D eigenvalue weighted by Gasteiger charge is -2.38. The summed E-state index contributed by atoms with van der Waals surface area (Å²) in [5.41, 5.74) is 5.05. The van der Waals surface area contributed by atoms with Gasteiger partial charge in [0.25, 0.3) is 0 Å². The van der Waals surface area contributed by atoms with E-state index in [2.05, 4.69) is 10.3 Å². The van der Waals surface area contributed by atoms with Crippen LogP contribution in [0.25, 0.3) is 0 Å². The highest BCUT2D eigenvalue weighted by Crippen LogP contribution is 2.36. The van der Waals surface area contributed by atoms with E-state index < -0.39 is 35.7 Å². The largest absolute Gasteiger partial charge is 0.416 e. The summed E-state index contributed by atoms with van der Waals surface area (Å²) in [6, 6.07) is 5.59. The summed E-state index contributed by atoms with van der Waals surface area (Å²) in [5.74, 6) is -1.77. The Kier molecular flexibility index (Phi) is 6.89. The predicted octanol–water partition coefficient (Wildman–Crippen LogP) is 3.80. The molecule has 1 aromatic carbocycles. The number of anilines is 1. The molecule has 2 unspecified atom stereocenters. The van der Waals surface area contributed by atoms with Crippen molar-refractivity contribution in [3.8, 4) is 5.88 Å². The minimum Gasteiger partial charge on any atom is -0.391 e. The fraction of sp³-hybridized carbons (Fsp3) is 0.364. The number of benzene rings is 1. The number of amides is 3. The van der Waals surface area contributed by atoms with Crippen LogP contribution in [0.3, 0.4) is 0 Å². The van der Waals surface area contributed by atoms with Crippen molar-refractivity contribution >= 4 is 23.6 Å². The van der Waals surface area contributed by atoms with Crippen LogP contribution in [0.1, 0.15) is 42.5 Å². The molecule has 3 N–H and O–H groups in total. The Morgan fingerprint density at radius 1 is 1.21 bits per heavy atom. The second-order valence-corrected chi connectivity index (χ2v) is 8.00. The van der Waals surface area contributed by atoms with Gasteiger partial charge in [-0.1, -0.05) is 19.1 Å². The molecule has 2 atom stereocenters. The van der Waals surface area contributed by atoms with E-state index >= 15 is 0 Å². The van der Waals surface area contributed by atoms with E-state index in [0.29, 0.717) is 24.0 Å². The van der Waals surface area contributed by atoms with Crippen LogP contribution >= 0.6 is 0 Å². The molecule has 3 rings (SSSR count). The van der Waals surface area contributed by atoms with Crippen molar-refractivity contribution in [3.63, 3.8) is 0 Å². The molecular formula is C22H23F3N4O4. The van der Waals surface area contributed by atoms with Gasteiger partial charge >= 0.3 is 24.1 Å². The van der Waals surface area contributed by atoms with Gasteiger partial charge in [-0.15, -0.1) is 0 Å². The van der Waals surface area contributed by atoms with E-state index in [1.807, 2.05) is 6.92 Å². The van der Waals surface area contributed by atoms with Crippen LogP contribution in [-0.2, 0) is 15.8 Å². The number of nitrogens with two attached hydrogens (primary N) is 1. The number of ether oxygens (including phenoxy) is 1. The molecule has 0 radical (unpaired) electrons. The molecule has 1 aliphatic rings. The number of nitrogens with zero attached hydrogens (tertiary/aromatic N) is 2. The molecule has 0 aliphatic carbocycles. The molecule has 1 aromatic heterocycles. The first-order valence-electron chi connectivity index (χ1n) is 10.2. The van der Waals surface area contributed by atoms with Gasteiger partial charge in [-0.05, 0) is 49.4 Å². The van der Waals surface area contributed by atoms with Crippen LogP contribution < -0.4 is 15.8 Å².